The fourth-order valence-corrected chi connectivity index (χ4v) is 2.33. The lowest BCUT2D eigenvalue weighted by Gasteiger charge is -2.09. The van der Waals surface area contributed by atoms with Gasteiger partial charge in [-0.05, 0) is 42.0 Å². The number of rotatable bonds is 5. The molecule has 0 unspecified atom stereocenters. The maximum Gasteiger partial charge on any atom is 0.216 e. The average Bonchev–Trinajstić information content (AvgIpc) is 2.98. The van der Waals surface area contributed by atoms with Crippen molar-refractivity contribution in [1.82, 2.24) is 14.9 Å². The normalized spacial score (nSPS) is 11.1. The smallest absolute Gasteiger partial charge is 0.216 e. The average molecular weight is 363 g/mol. The van der Waals surface area contributed by atoms with E-state index < -0.39 is 5.82 Å². The highest BCUT2D eigenvalue weighted by Crippen LogP contribution is 2.21. The Hall–Kier alpha value is -2.51. The molecule has 0 atom stereocenters. The number of halogens is 2. The molecule has 122 valence electrons. The third-order valence-corrected chi connectivity index (χ3v) is 3.80. The topological polar surface area (TPSA) is 55.2 Å². The first kappa shape index (κ1) is 16.4. The molecule has 0 aliphatic carbocycles. The van der Waals surface area contributed by atoms with Crippen LogP contribution in [-0.4, -0.2) is 21.1 Å². The summed E-state index contributed by atoms with van der Waals surface area (Å²) in [5, 5.41) is 10.9. The molecule has 0 spiro atoms. The molecule has 0 fully saturated rings. The number of benzene rings is 2. The van der Waals surface area contributed by atoms with Crippen molar-refractivity contribution in [1.29, 1.82) is 0 Å². The first-order chi connectivity index (χ1) is 11.6. The summed E-state index contributed by atoms with van der Waals surface area (Å²) in [4.78, 5) is 0. The maximum absolute atomic E-state index is 13.7. The zero-order valence-electron chi connectivity index (χ0n) is 12.3. The van der Waals surface area contributed by atoms with Crippen molar-refractivity contribution in [3.8, 4) is 5.75 Å². The van der Waals surface area contributed by atoms with Gasteiger partial charge in [0.15, 0.2) is 0 Å². The van der Waals surface area contributed by atoms with Crippen LogP contribution in [0.2, 0.25) is 5.02 Å². The van der Waals surface area contributed by atoms with E-state index in [9.17, 15) is 4.39 Å². The monoisotopic (exact) mass is 362 g/mol. The van der Waals surface area contributed by atoms with E-state index in [0.29, 0.717) is 21.1 Å². The van der Waals surface area contributed by atoms with Gasteiger partial charge in [0.1, 0.15) is 24.5 Å². The molecule has 8 heteroatoms. The molecule has 0 saturated heterocycles. The molecule has 0 saturated carbocycles. The highest BCUT2D eigenvalue weighted by atomic mass is 35.5. The third-order valence-electron chi connectivity index (χ3n) is 3.17. The van der Waals surface area contributed by atoms with Gasteiger partial charge in [-0.2, -0.15) is 14.9 Å². The number of nitrogens with zero attached hydrogens (tertiary/aromatic N) is 3. The molecule has 3 aromatic rings. The summed E-state index contributed by atoms with van der Waals surface area (Å²) in [6.45, 7) is 0.0406. The Morgan fingerprint density at radius 2 is 2.17 bits per heavy atom. The number of aromatic nitrogens is 3. The lowest BCUT2D eigenvalue weighted by molar-refractivity contribution is 0.300. The molecule has 0 aliphatic rings. The van der Waals surface area contributed by atoms with Crippen LogP contribution < -0.4 is 4.74 Å². The summed E-state index contributed by atoms with van der Waals surface area (Å²) < 4.78 is 21.2. The summed E-state index contributed by atoms with van der Waals surface area (Å²) in [6, 6.07) is 11.8. The number of aromatic amines is 1. The molecule has 0 bridgehead atoms. The molecule has 1 N–H and O–H groups in total. The van der Waals surface area contributed by atoms with Gasteiger partial charge in [-0.15, -0.1) is 0 Å². The Bertz CT molecular complexity index is 917. The van der Waals surface area contributed by atoms with E-state index >= 15 is 0 Å². The predicted octanol–water partition coefficient (Wildman–Crippen LogP) is 4.19. The molecule has 0 amide bonds. The van der Waals surface area contributed by atoms with E-state index in [1.807, 2.05) is 12.1 Å². The Balaban J connectivity index is 1.73. The summed E-state index contributed by atoms with van der Waals surface area (Å²) in [6.07, 6.45) is 3.09. The summed E-state index contributed by atoms with van der Waals surface area (Å²) in [5.74, 6) is 0.184. The minimum atomic E-state index is -0.394. The Labute approximate surface area is 147 Å². The van der Waals surface area contributed by atoms with E-state index in [4.69, 9.17) is 28.6 Å². The van der Waals surface area contributed by atoms with Gasteiger partial charge in [-0.25, -0.2) is 4.39 Å². The Morgan fingerprint density at radius 3 is 2.92 bits per heavy atom. The van der Waals surface area contributed by atoms with E-state index in [1.165, 1.54) is 17.1 Å². The Kier molecular flexibility index (Phi) is 5.02. The number of hydrogen-bond acceptors (Lipinski definition) is 4. The molecular formula is C16H12ClFN4OS. The first-order valence-electron chi connectivity index (χ1n) is 6.95. The van der Waals surface area contributed by atoms with Gasteiger partial charge in [-0.3, -0.25) is 5.10 Å². The van der Waals surface area contributed by atoms with Crippen LogP contribution in [0.3, 0.4) is 0 Å². The molecular weight excluding hydrogens is 351 g/mol. The van der Waals surface area contributed by atoms with Gasteiger partial charge >= 0.3 is 0 Å². The number of H-pyrrole nitrogens is 1. The Morgan fingerprint density at radius 1 is 1.33 bits per heavy atom. The van der Waals surface area contributed by atoms with Gasteiger partial charge in [0, 0.05) is 5.56 Å². The van der Waals surface area contributed by atoms with Crippen molar-refractivity contribution >= 4 is 30.0 Å². The fraction of sp³-hybridized carbons (Fsp3) is 0.0625. The SMILES string of the molecule is Fc1cccc(Cl)c1COc1cccc(/C=N/n2cn[nH]c2=S)c1. The minimum Gasteiger partial charge on any atom is -0.489 e. The lowest BCUT2D eigenvalue weighted by atomic mass is 10.2. The molecule has 5 nitrogen and oxygen atoms in total. The van der Waals surface area contributed by atoms with Crippen molar-refractivity contribution in [2.75, 3.05) is 0 Å². The van der Waals surface area contributed by atoms with Crippen LogP contribution in [0.5, 0.6) is 5.75 Å². The van der Waals surface area contributed by atoms with Crippen molar-refractivity contribution in [3.05, 3.63) is 75.5 Å². The quantitative estimate of drug-likeness (QED) is 0.547. The summed E-state index contributed by atoms with van der Waals surface area (Å²) >= 11 is 11.0. The zero-order valence-corrected chi connectivity index (χ0v) is 13.9. The van der Waals surface area contributed by atoms with Crippen molar-refractivity contribution in [2.24, 2.45) is 5.10 Å². The number of hydrogen-bond donors (Lipinski definition) is 1. The highest BCUT2D eigenvalue weighted by Gasteiger charge is 2.07. The zero-order chi connectivity index (χ0) is 16.9. The van der Waals surface area contributed by atoms with Gasteiger partial charge in [0.05, 0.1) is 11.2 Å². The molecule has 1 heterocycles. The second-order valence-corrected chi connectivity index (χ2v) is 5.61. The third kappa shape index (κ3) is 3.87. The minimum absolute atomic E-state index is 0.0406. The standard InChI is InChI=1S/C16H12ClFN4OS/c17-14-5-2-6-15(18)13(14)9-23-12-4-1-3-11(7-12)8-20-22-10-19-21-16(22)24/h1-8,10H,9H2,(H,21,24)/b20-8+. The largest absolute Gasteiger partial charge is 0.489 e. The predicted molar refractivity (Wildman–Crippen MR) is 92.6 cm³/mol. The summed E-state index contributed by atoms with van der Waals surface area (Å²) in [5.41, 5.74) is 1.12. The van der Waals surface area contributed by atoms with Gasteiger partial charge < -0.3 is 4.74 Å². The molecule has 2 aromatic carbocycles. The molecule has 3 rings (SSSR count). The van der Waals surface area contributed by atoms with Gasteiger partial charge in [0.2, 0.25) is 4.77 Å². The van der Waals surface area contributed by atoms with Crippen LogP contribution in [0.4, 0.5) is 4.39 Å². The maximum atomic E-state index is 13.7. The first-order valence-corrected chi connectivity index (χ1v) is 7.74. The number of ether oxygens (including phenoxy) is 1. The van der Waals surface area contributed by atoms with E-state index in [0.717, 1.165) is 5.56 Å². The second kappa shape index (κ2) is 7.37. The van der Waals surface area contributed by atoms with Gasteiger partial charge in [0.25, 0.3) is 0 Å². The van der Waals surface area contributed by atoms with Crippen LogP contribution in [0.15, 0.2) is 53.9 Å². The second-order valence-electron chi connectivity index (χ2n) is 4.81. The van der Waals surface area contributed by atoms with Crippen molar-refractivity contribution in [3.63, 3.8) is 0 Å². The van der Waals surface area contributed by atoms with Crippen molar-refractivity contribution < 1.29 is 9.13 Å². The van der Waals surface area contributed by atoms with E-state index in [2.05, 4.69) is 15.3 Å². The van der Waals surface area contributed by atoms with Crippen LogP contribution >= 0.6 is 23.8 Å². The van der Waals surface area contributed by atoms with Crippen LogP contribution in [0, 0.1) is 10.6 Å². The van der Waals surface area contributed by atoms with Gasteiger partial charge in [-0.1, -0.05) is 29.8 Å². The van der Waals surface area contributed by atoms with E-state index in [1.54, 1.807) is 30.5 Å². The van der Waals surface area contributed by atoms with Crippen LogP contribution in [-0.2, 0) is 6.61 Å². The molecule has 1 aromatic heterocycles. The fourth-order valence-electron chi connectivity index (χ4n) is 1.96. The van der Waals surface area contributed by atoms with E-state index in [-0.39, 0.29) is 6.61 Å². The number of nitrogens with one attached hydrogen (secondary N) is 1. The molecule has 0 radical (unpaired) electrons. The van der Waals surface area contributed by atoms with Crippen molar-refractivity contribution in [2.45, 2.75) is 6.61 Å². The summed E-state index contributed by atoms with van der Waals surface area (Å²) in [7, 11) is 0. The molecule has 24 heavy (non-hydrogen) atoms. The van der Waals surface area contributed by atoms with Crippen LogP contribution in [0.25, 0.3) is 0 Å². The highest BCUT2D eigenvalue weighted by molar-refractivity contribution is 7.71. The van der Waals surface area contributed by atoms with Crippen LogP contribution in [0.1, 0.15) is 11.1 Å². The lowest BCUT2D eigenvalue weighted by Crippen LogP contribution is -2.00. The molecule has 0 aliphatic heterocycles.